The summed E-state index contributed by atoms with van der Waals surface area (Å²) < 4.78 is 0. The smallest absolute Gasteiger partial charge is 0.186 e. The fourth-order valence-corrected chi connectivity index (χ4v) is 4.45. The number of nitrogens with zero attached hydrogens (tertiary/aromatic N) is 3. The summed E-state index contributed by atoms with van der Waals surface area (Å²) >= 11 is 1.64. The quantitative estimate of drug-likeness (QED) is 0.620. The highest BCUT2D eigenvalue weighted by atomic mass is 32.2. The van der Waals surface area contributed by atoms with Crippen molar-refractivity contribution in [3.63, 3.8) is 0 Å². The number of aliphatic hydroxyl groups is 1. The van der Waals surface area contributed by atoms with Gasteiger partial charge in [0.1, 0.15) is 10.6 Å². The predicted octanol–water partition coefficient (Wildman–Crippen LogP) is 3.79. The van der Waals surface area contributed by atoms with Gasteiger partial charge < -0.3 is 10.4 Å². The summed E-state index contributed by atoms with van der Waals surface area (Å²) in [6.07, 6.45) is 8.99. The van der Waals surface area contributed by atoms with E-state index in [4.69, 9.17) is 0 Å². The molecule has 1 fully saturated rings. The van der Waals surface area contributed by atoms with E-state index in [1.54, 1.807) is 30.2 Å². The zero-order valence-corrected chi connectivity index (χ0v) is 17.6. The molecule has 0 radical (unpaired) electrons. The first-order chi connectivity index (χ1) is 13.9. The molecule has 2 aromatic rings. The molecule has 4 rings (SSSR count). The molecule has 0 unspecified atom stereocenters. The molecule has 1 aromatic carbocycles. The molecule has 6 nitrogen and oxygen atoms in total. The average molecular weight is 411 g/mol. The molecule has 29 heavy (non-hydrogen) atoms. The highest BCUT2D eigenvalue weighted by molar-refractivity contribution is 7.99. The summed E-state index contributed by atoms with van der Waals surface area (Å²) in [5.74, 6) is 0.982. The topological polar surface area (TPSA) is 78.4 Å². The highest BCUT2D eigenvalue weighted by Gasteiger charge is 2.23. The summed E-state index contributed by atoms with van der Waals surface area (Å²) in [4.78, 5) is 24.2. The summed E-state index contributed by atoms with van der Waals surface area (Å²) in [6.45, 7) is 5.96. The van der Waals surface area contributed by atoms with Crippen LogP contribution < -0.4 is 5.32 Å². The van der Waals surface area contributed by atoms with Crippen LogP contribution in [0.15, 0.2) is 52.7 Å². The Bertz CT molecular complexity index is 931. The van der Waals surface area contributed by atoms with Crippen LogP contribution in [-0.4, -0.2) is 44.4 Å². The predicted molar refractivity (Wildman–Crippen MR) is 114 cm³/mol. The minimum atomic E-state index is -1.29. The number of benzene rings is 1. The van der Waals surface area contributed by atoms with E-state index in [2.05, 4.69) is 38.4 Å². The number of aromatic nitrogens is 2. The summed E-state index contributed by atoms with van der Waals surface area (Å²) in [6, 6.07) is 6.54. The van der Waals surface area contributed by atoms with Crippen LogP contribution in [0.4, 0.5) is 11.5 Å². The van der Waals surface area contributed by atoms with Crippen LogP contribution in [0.1, 0.15) is 32.3 Å². The molecule has 0 bridgehead atoms. The second-order valence-corrected chi connectivity index (χ2v) is 9.19. The number of ketones is 1. The molecule has 0 amide bonds. The molecule has 2 aliphatic rings. The molecule has 1 aromatic heterocycles. The molecule has 0 aliphatic carbocycles. The van der Waals surface area contributed by atoms with Gasteiger partial charge in [-0.25, -0.2) is 9.97 Å². The molecule has 2 N–H and O–H groups in total. The van der Waals surface area contributed by atoms with Crippen LogP contribution >= 0.6 is 11.8 Å². The first kappa shape index (κ1) is 20.1. The average Bonchev–Trinajstić information content (AvgIpc) is 2.70. The first-order valence-corrected chi connectivity index (χ1v) is 10.8. The minimum absolute atomic E-state index is 0.231. The number of anilines is 2. The van der Waals surface area contributed by atoms with Gasteiger partial charge >= 0.3 is 0 Å². The summed E-state index contributed by atoms with van der Waals surface area (Å²) in [5.41, 5.74) is 1.07. The van der Waals surface area contributed by atoms with Crippen LogP contribution in [0.2, 0.25) is 0 Å². The molecule has 7 heteroatoms. The van der Waals surface area contributed by atoms with E-state index in [0.717, 1.165) is 49.0 Å². The Balaban J connectivity index is 1.33. The van der Waals surface area contributed by atoms with Gasteiger partial charge in [-0.3, -0.25) is 9.69 Å². The number of carbonyl (C=O) groups excluding carboxylic acids is 1. The minimum Gasteiger partial charge on any atom is -0.382 e. The van der Waals surface area contributed by atoms with Crippen LogP contribution in [0.25, 0.3) is 0 Å². The molecular formula is C22H26N4O2S. The molecule has 0 spiro atoms. The SMILES string of the molecule is CC(C)(O)C(=O)C=CC1CCN(Cc2ccc3c(c2)Nc2nccnc2S3)CC1. The Labute approximate surface area is 175 Å². The van der Waals surface area contributed by atoms with E-state index < -0.39 is 5.60 Å². The van der Waals surface area contributed by atoms with E-state index in [-0.39, 0.29) is 5.78 Å². The van der Waals surface area contributed by atoms with Crippen molar-refractivity contribution in [2.24, 2.45) is 5.92 Å². The van der Waals surface area contributed by atoms with Crippen LogP contribution in [0, 0.1) is 5.92 Å². The number of carbonyl (C=O) groups is 1. The molecule has 152 valence electrons. The van der Waals surface area contributed by atoms with E-state index in [1.807, 2.05) is 6.08 Å². The van der Waals surface area contributed by atoms with E-state index in [0.29, 0.717) is 5.92 Å². The number of likely N-dealkylation sites (tertiary alicyclic amines) is 1. The van der Waals surface area contributed by atoms with Gasteiger partial charge in [0.2, 0.25) is 0 Å². The number of nitrogens with one attached hydrogen (secondary N) is 1. The van der Waals surface area contributed by atoms with Crippen molar-refractivity contribution in [2.75, 3.05) is 18.4 Å². The lowest BCUT2D eigenvalue weighted by atomic mass is 9.94. The third kappa shape index (κ3) is 4.86. The molecular weight excluding hydrogens is 384 g/mol. The van der Waals surface area contributed by atoms with Crippen LogP contribution in [0.3, 0.4) is 0 Å². The Hall–Kier alpha value is -2.22. The second-order valence-electron chi connectivity index (χ2n) is 8.16. The number of hydrogen-bond acceptors (Lipinski definition) is 7. The second kappa shape index (κ2) is 8.26. The van der Waals surface area contributed by atoms with Gasteiger partial charge in [-0.15, -0.1) is 0 Å². The van der Waals surface area contributed by atoms with Crippen LogP contribution in [0.5, 0.6) is 0 Å². The van der Waals surface area contributed by atoms with Crippen molar-refractivity contribution >= 4 is 29.1 Å². The highest BCUT2D eigenvalue weighted by Crippen LogP contribution is 2.42. The largest absolute Gasteiger partial charge is 0.382 e. The number of rotatable bonds is 5. The van der Waals surface area contributed by atoms with Crippen molar-refractivity contribution in [3.8, 4) is 0 Å². The van der Waals surface area contributed by atoms with Crippen molar-refractivity contribution in [2.45, 2.75) is 48.8 Å². The summed E-state index contributed by atoms with van der Waals surface area (Å²) in [5, 5.41) is 14.0. The van der Waals surface area contributed by atoms with Crippen molar-refractivity contribution in [3.05, 3.63) is 48.3 Å². The standard InChI is InChI=1S/C22H26N4O2S/c1-22(2,28)19(27)6-4-15-7-11-26(12-8-15)14-16-3-5-18-17(13-16)25-20-21(29-18)24-10-9-23-20/h3-6,9-10,13,15,28H,7-8,11-12,14H2,1-2H3,(H,23,25). The van der Waals surface area contributed by atoms with Gasteiger partial charge in [-0.05, 0) is 69.5 Å². The third-order valence-electron chi connectivity index (χ3n) is 5.33. The Morgan fingerprint density at radius 1 is 1.31 bits per heavy atom. The van der Waals surface area contributed by atoms with Crippen molar-refractivity contribution < 1.29 is 9.90 Å². The number of fused-ring (bicyclic) bond motifs is 2. The Kier molecular flexibility index (Phi) is 5.72. The normalized spacial score (nSPS) is 17.6. The first-order valence-electron chi connectivity index (χ1n) is 9.95. The number of piperidine rings is 1. The fraction of sp³-hybridized carbons (Fsp3) is 0.409. The van der Waals surface area contributed by atoms with Crippen molar-refractivity contribution in [1.82, 2.24) is 14.9 Å². The molecule has 3 heterocycles. The number of hydrogen-bond donors (Lipinski definition) is 2. The van der Waals surface area contributed by atoms with Crippen molar-refractivity contribution in [1.29, 1.82) is 0 Å². The summed E-state index contributed by atoms with van der Waals surface area (Å²) in [7, 11) is 0. The lowest BCUT2D eigenvalue weighted by Gasteiger charge is -2.31. The Morgan fingerprint density at radius 3 is 2.83 bits per heavy atom. The zero-order chi connectivity index (χ0) is 20.4. The van der Waals surface area contributed by atoms with E-state index in [1.165, 1.54) is 24.3 Å². The number of allylic oxidation sites excluding steroid dienone is 1. The lowest BCUT2D eigenvalue weighted by Crippen LogP contribution is -2.33. The maximum absolute atomic E-state index is 11.8. The maximum atomic E-state index is 11.8. The third-order valence-corrected chi connectivity index (χ3v) is 6.40. The lowest BCUT2D eigenvalue weighted by molar-refractivity contribution is -0.128. The molecule has 0 atom stereocenters. The van der Waals surface area contributed by atoms with E-state index in [9.17, 15) is 9.90 Å². The van der Waals surface area contributed by atoms with Gasteiger partial charge in [-0.2, -0.15) is 0 Å². The molecule has 1 saturated heterocycles. The van der Waals surface area contributed by atoms with Gasteiger partial charge in [0, 0.05) is 23.8 Å². The monoisotopic (exact) mass is 410 g/mol. The van der Waals surface area contributed by atoms with Gasteiger partial charge in [0.05, 0.1) is 5.69 Å². The Morgan fingerprint density at radius 2 is 2.07 bits per heavy atom. The van der Waals surface area contributed by atoms with Crippen LogP contribution in [-0.2, 0) is 11.3 Å². The maximum Gasteiger partial charge on any atom is 0.186 e. The van der Waals surface area contributed by atoms with Gasteiger partial charge in [-0.1, -0.05) is 23.9 Å². The molecule has 2 aliphatic heterocycles. The van der Waals surface area contributed by atoms with Gasteiger partial charge in [0.25, 0.3) is 0 Å². The fourth-order valence-electron chi connectivity index (χ4n) is 3.57. The van der Waals surface area contributed by atoms with E-state index >= 15 is 0 Å². The zero-order valence-electron chi connectivity index (χ0n) is 16.8. The molecule has 0 saturated carbocycles. The van der Waals surface area contributed by atoms with Gasteiger partial charge in [0.15, 0.2) is 11.6 Å².